The Balaban J connectivity index is 1.52. The Hall–Kier alpha value is -2.34. The van der Waals surface area contributed by atoms with Crippen molar-refractivity contribution in [3.8, 4) is 5.75 Å². The molecule has 0 saturated carbocycles. The topological polar surface area (TPSA) is 75.7 Å². The summed E-state index contributed by atoms with van der Waals surface area (Å²) in [5, 5.41) is 3.24. The SMILES string of the molecule is COc1ccc(Cl)cc1NC(=O)CCCN1C(=O)[C@H]2CC=CC[C@@H]2C1=O. The fourth-order valence-electron chi connectivity index (χ4n) is 3.48. The number of imide groups is 1. The molecule has 1 aromatic rings. The quantitative estimate of drug-likeness (QED) is 0.611. The van der Waals surface area contributed by atoms with Gasteiger partial charge in [-0.2, -0.15) is 0 Å². The van der Waals surface area contributed by atoms with Gasteiger partial charge >= 0.3 is 0 Å². The number of ether oxygens (including phenoxy) is 1. The minimum Gasteiger partial charge on any atom is -0.495 e. The molecule has 1 saturated heterocycles. The van der Waals surface area contributed by atoms with Crippen LogP contribution in [0.4, 0.5) is 5.69 Å². The number of amides is 3. The highest BCUT2D eigenvalue weighted by Gasteiger charge is 2.46. The molecular weight excluding hydrogens is 356 g/mol. The van der Waals surface area contributed by atoms with E-state index in [0.29, 0.717) is 35.7 Å². The van der Waals surface area contributed by atoms with Crippen LogP contribution in [0.25, 0.3) is 0 Å². The summed E-state index contributed by atoms with van der Waals surface area (Å²) in [6.45, 7) is 0.269. The lowest BCUT2D eigenvalue weighted by molar-refractivity contribution is -0.140. The van der Waals surface area contributed by atoms with E-state index in [0.717, 1.165) is 0 Å². The first kappa shape index (κ1) is 18.5. The number of methoxy groups -OCH3 is 1. The van der Waals surface area contributed by atoms with Gasteiger partial charge in [0.15, 0.2) is 0 Å². The molecule has 1 aliphatic heterocycles. The van der Waals surface area contributed by atoms with Crippen molar-refractivity contribution >= 4 is 35.0 Å². The summed E-state index contributed by atoms with van der Waals surface area (Å²) in [7, 11) is 1.51. The zero-order chi connectivity index (χ0) is 18.7. The lowest BCUT2D eigenvalue weighted by Gasteiger charge is -2.15. The molecule has 2 aliphatic rings. The molecule has 7 heteroatoms. The van der Waals surface area contributed by atoms with Gasteiger partial charge in [0, 0.05) is 18.0 Å². The van der Waals surface area contributed by atoms with Gasteiger partial charge < -0.3 is 10.1 Å². The van der Waals surface area contributed by atoms with E-state index in [1.807, 2.05) is 12.2 Å². The minimum absolute atomic E-state index is 0.110. The van der Waals surface area contributed by atoms with Gasteiger partial charge in [0.1, 0.15) is 5.75 Å². The molecule has 0 unspecified atom stereocenters. The second kappa shape index (κ2) is 7.91. The molecule has 0 aromatic heterocycles. The second-order valence-corrected chi connectivity index (χ2v) is 6.92. The number of nitrogens with zero attached hydrogens (tertiary/aromatic N) is 1. The largest absolute Gasteiger partial charge is 0.495 e. The molecule has 1 aliphatic carbocycles. The molecular formula is C19H21ClN2O4. The van der Waals surface area contributed by atoms with E-state index in [1.165, 1.54) is 12.0 Å². The number of carbonyl (C=O) groups is 3. The predicted molar refractivity (Wildman–Crippen MR) is 97.9 cm³/mol. The van der Waals surface area contributed by atoms with Crippen LogP contribution in [0.1, 0.15) is 25.7 Å². The van der Waals surface area contributed by atoms with Gasteiger partial charge in [0.25, 0.3) is 0 Å². The molecule has 0 radical (unpaired) electrons. The zero-order valence-corrected chi connectivity index (χ0v) is 15.3. The summed E-state index contributed by atoms with van der Waals surface area (Å²) in [5.41, 5.74) is 0.496. The fraction of sp³-hybridized carbons (Fsp3) is 0.421. The number of hydrogen-bond acceptors (Lipinski definition) is 4. The highest BCUT2D eigenvalue weighted by molar-refractivity contribution is 6.31. The number of anilines is 1. The van der Waals surface area contributed by atoms with Crippen LogP contribution < -0.4 is 10.1 Å². The van der Waals surface area contributed by atoms with E-state index < -0.39 is 0 Å². The Morgan fingerprint density at radius 3 is 2.50 bits per heavy atom. The van der Waals surface area contributed by atoms with Gasteiger partial charge in [-0.3, -0.25) is 19.3 Å². The van der Waals surface area contributed by atoms with Crippen molar-refractivity contribution in [1.29, 1.82) is 0 Å². The van der Waals surface area contributed by atoms with E-state index >= 15 is 0 Å². The fourth-order valence-corrected chi connectivity index (χ4v) is 3.65. The third-order valence-electron chi connectivity index (χ3n) is 4.82. The van der Waals surface area contributed by atoms with Gasteiger partial charge in [-0.05, 0) is 37.5 Å². The summed E-state index contributed by atoms with van der Waals surface area (Å²) in [6.07, 6.45) is 5.78. The number of halogens is 1. The van der Waals surface area contributed by atoms with Crippen molar-refractivity contribution in [2.24, 2.45) is 11.8 Å². The summed E-state index contributed by atoms with van der Waals surface area (Å²) < 4.78 is 5.19. The minimum atomic E-state index is -0.225. The van der Waals surface area contributed by atoms with Crippen molar-refractivity contribution in [2.75, 3.05) is 19.0 Å². The van der Waals surface area contributed by atoms with Gasteiger partial charge in [-0.1, -0.05) is 23.8 Å². The van der Waals surface area contributed by atoms with Crippen LogP contribution in [0.15, 0.2) is 30.4 Å². The van der Waals surface area contributed by atoms with Crippen LogP contribution in [0.3, 0.4) is 0 Å². The standard InChI is InChI=1S/C19H21ClN2O4/c1-26-16-9-8-12(20)11-15(16)21-17(23)7-4-10-22-18(24)13-5-2-3-6-14(13)19(22)25/h2-3,8-9,11,13-14H,4-7,10H2,1H3,(H,21,23)/t13-,14-/m0/s1. The molecule has 1 fully saturated rings. The van der Waals surface area contributed by atoms with Crippen molar-refractivity contribution in [3.63, 3.8) is 0 Å². The number of hydrogen-bond donors (Lipinski definition) is 1. The molecule has 3 rings (SSSR count). The maximum absolute atomic E-state index is 12.4. The first-order valence-corrected chi connectivity index (χ1v) is 9.02. The Kier molecular flexibility index (Phi) is 5.61. The monoisotopic (exact) mass is 376 g/mol. The molecule has 0 spiro atoms. The Bertz CT molecular complexity index is 736. The smallest absolute Gasteiger partial charge is 0.233 e. The number of rotatable bonds is 6. The number of carbonyl (C=O) groups excluding carboxylic acids is 3. The molecule has 3 amide bonds. The average Bonchev–Trinajstić information content (AvgIpc) is 2.87. The summed E-state index contributed by atoms with van der Waals surface area (Å²) in [6, 6.07) is 4.97. The van der Waals surface area contributed by atoms with Crippen LogP contribution in [0, 0.1) is 11.8 Å². The predicted octanol–water partition coefficient (Wildman–Crippen LogP) is 3.02. The van der Waals surface area contributed by atoms with Crippen LogP contribution in [-0.2, 0) is 14.4 Å². The van der Waals surface area contributed by atoms with Crippen LogP contribution >= 0.6 is 11.6 Å². The van der Waals surface area contributed by atoms with E-state index in [4.69, 9.17) is 16.3 Å². The lowest BCUT2D eigenvalue weighted by Crippen LogP contribution is -2.32. The van der Waals surface area contributed by atoms with Gasteiger partial charge in [0.05, 0.1) is 24.6 Å². The zero-order valence-electron chi connectivity index (χ0n) is 14.5. The number of nitrogens with one attached hydrogen (secondary N) is 1. The molecule has 26 heavy (non-hydrogen) atoms. The second-order valence-electron chi connectivity index (χ2n) is 6.48. The maximum atomic E-state index is 12.4. The highest BCUT2D eigenvalue weighted by atomic mass is 35.5. The maximum Gasteiger partial charge on any atom is 0.233 e. The van der Waals surface area contributed by atoms with Crippen molar-refractivity contribution in [3.05, 3.63) is 35.4 Å². The van der Waals surface area contributed by atoms with Gasteiger partial charge in [-0.25, -0.2) is 0 Å². The molecule has 2 atom stereocenters. The molecule has 0 bridgehead atoms. The van der Waals surface area contributed by atoms with Crippen molar-refractivity contribution in [2.45, 2.75) is 25.7 Å². The first-order valence-electron chi connectivity index (χ1n) is 8.65. The first-order chi connectivity index (χ1) is 12.5. The van der Waals surface area contributed by atoms with Crippen LogP contribution in [-0.4, -0.2) is 36.3 Å². The van der Waals surface area contributed by atoms with E-state index in [-0.39, 0.29) is 42.5 Å². The van der Waals surface area contributed by atoms with Crippen LogP contribution in [0.5, 0.6) is 5.75 Å². The number of benzene rings is 1. The van der Waals surface area contributed by atoms with Gasteiger partial charge in [-0.15, -0.1) is 0 Å². The Morgan fingerprint density at radius 2 is 1.88 bits per heavy atom. The van der Waals surface area contributed by atoms with Gasteiger partial charge in [0.2, 0.25) is 17.7 Å². The third kappa shape index (κ3) is 3.75. The molecule has 1 heterocycles. The number of fused-ring (bicyclic) bond motifs is 1. The number of allylic oxidation sites excluding steroid dienone is 2. The molecule has 1 aromatic carbocycles. The normalized spacial score (nSPS) is 21.7. The third-order valence-corrected chi connectivity index (χ3v) is 5.06. The molecule has 1 N–H and O–H groups in total. The summed E-state index contributed by atoms with van der Waals surface area (Å²) in [4.78, 5) is 38.2. The van der Waals surface area contributed by atoms with Crippen molar-refractivity contribution in [1.82, 2.24) is 4.90 Å². The van der Waals surface area contributed by atoms with E-state index in [2.05, 4.69) is 5.32 Å². The highest BCUT2D eigenvalue weighted by Crippen LogP contribution is 2.35. The Labute approximate surface area is 157 Å². The molecule has 6 nitrogen and oxygen atoms in total. The van der Waals surface area contributed by atoms with E-state index in [1.54, 1.807) is 18.2 Å². The van der Waals surface area contributed by atoms with Crippen molar-refractivity contribution < 1.29 is 19.1 Å². The molecule has 138 valence electrons. The number of likely N-dealkylation sites (tertiary alicyclic amines) is 1. The lowest BCUT2D eigenvalue weighted by atomic mass is 9.85. The van der Waals surface area contributed by atoms with E-state index in [9.17, 15) is 14.4 Å². The van der Waals surface area contributed by atoms with Crippen LogP contribution in [0.2, 0.25) is 5.02 Å². The summed E-state index contributed by atoms with van der Waals surface area (Å²) in [5.74, 6) is -0.371. The summed E-state index contributed by atoms with van der Waals surface area (Å²) >= 11 is 5.95. The Morgan fingerprint density at radius 1 is 1.23 bits per heavy atom. The average molecular weight is 377 g/mol.